The lowest BCUT2D eigenvalue weighted by molar-refractivity contribution is -0.384. The van der Waals surface area contributed by atoms with Gasteiger partial charge in [0.1, 0.15) is 0 Å². The van der Waals surface area contributed by atoms with Gasteiger partial charge in [-0.05, 0) is 6.42 Å². The van der Waals surface area contributed by atoms with Crippen molar-refractivity contribution in [2.24, 2.45) is 0 Å². The van der Waals surface area contributed by atoms with E-state index >= 15 is 0 Å². The molecule has 1 rings (SSSR count). The molecule has 0 unspecified atom stereocenters. The zero-order chi connectivity index (χ0) is 12.0. The van der Waals surface area contributed by atoms with Crippen LogP contribution in [-0.4, -0.2) is 11.5 Å². The van der Waals surface area contributed by atoms with Crippen molar-refractivity contribution in [1.82, 2.24) is 0 Å². The Morgan fingerprint density at radius 3 is 2.94 bits per heavy atom. The van der Waals surface area contributed by atoms with Crippen molar-refractivity contribution >= 4 is 11.4 Å². The van der Waals surface area contributed by atoms with Crippen molar-refractivity contribution in [3.63, 3.8) is 0 Å². The Bertz CT molecular complexity index is 451. The molecule has 6 heteroatoms. The van der Waals surface area contributed by atoms with Gasteiger partial charge in [-0.25, -0.2) is 0 Å². The molecule has 0 saturated heterocycles. The molecule has 0 aliphatic carbocycles. The molecule has 0 spiro atoms. The first kappa shape index (κ1) is 11.7. The van der Waals surface area contributed by atoms with E-state index in [-0.39, 0.29) is 17.1 Å². The number of hydrogen-bond donors (Lipinski definition) is 0. The summed E-state index contributed by atoms with van der Waals surface area (Å²) in [6.07, 6.45) is 2.26. The lowest BCUT2D eigenvalue weighted by Gasteiger charge is -2.01. The molecule has 0 aliphatic heterocycles. The third-order valence-electron chi connectivity index (χ3n) is 1.84. The van der Waals surface area contributed by atoms with Crippen molar-refractivity contribution in [1.29, 1.82) is 5.39 Å². The maximum absolute atomic E-state index is 10.5. The third-order valence-corrected chi connectivity index (χ3v) is 1.84. The molecule has 0 amide bonds. The number of diazo groups is 1. The smallest absolute Gasteiger partial charge is 0.426 e. The van der Waals surface area contributed by atoms with Gasteiger partial charge in [-0.1, -0.05) is 6.08 Å². The Morgan fingerprint density at radius 2 is 2.38 bits per heavy atom. The van der Waals surface area contributed by atoms with E-state index < -0.39 is 4.92 Å². The normalized spacial score (nSPS) is 9.19. The topological polar surface area (TPSA) is 80.5 Å². The van der Waals surface area contributed by atoms with Crippen LogP contribution in [0.4, 0.5) is 11.4 Å². The van der Waals surface area contributed by atoms with Gasteiger partial charge in [-0.3, -0.25) is 10.1 Å². The highest BCUT2D eigenvalue weighted by atomic mass is 16.6. The van der Waals surface area contributed by atoms with Crippen LogP contribution in [-0.2, 0) is 0 Å². The van der Waals surface area contributed by atoms with Crippen LogP contribution in [0.1, 0.15) is 6.42 Å². The van der Waals surface area contributed by atoms with Crippen LogP contribution >= 0.6 is 0 Å². The molecule has 0 heterocycles. The zero-order valence-electron chi connectivity index (χ0n) is 8.50. The van der Waals surface area contributed by atoms with Crippen LogP contribution in [0.15, 0.2) is 30.9 Å². The van der Waals surface area contributed by atoms with E-state index in [4.69, 9.17) is 10.1 Å². The standard InChI is InChI=1S/C10H10N3O3/c1-2-3-6-16-10-7-8(13(14)15)4-5-9(10)12-11/h2,4-5,7H,1,3,6H2/q+1. The molecular formula is C10H10N3O3+. The number of benzene rings is 1. The second-order valence-corrected chi connectivity index (χ2v) is 2.93. The Labute approximate surface area is 91.9 Å². The molecule has 0 bridgehead atoms. The van der Waals surface area contributed by atoms with E-state index in [1.54, 1.807) is 6.08 Å². The number of rotatable bonds is 5. The molecule has 0 saturated carbocycles. The number of ether oxygens (including phenoxy) is 1. The Morgan fingerprint density at radius 1 is 1.62 bits per heavy atom. The number of nitrogens with zero attached hydrogens (tertiary/aromatic N) is 3. The van der Waals surface area contributed by atoms with Gasteiger partial charge in [-0.2, -0.15) is 0 Å². The summed E-state index contributed by atoms with van der Waals surface area (Å²) in [5, 5.41) is 19.2. The van der Waals surface area contributed by atoms with Gasteiger partial charge in [0, 0.05) is 12.1 Å². The van der Waals surface area contributed by atoms with E-state index in [1.807, 2.05) is 0 Å². The molecule has 1 aromatic rings. The first-order valence-electron chi connectivity index (χ1n) is 4.56. The maximum atomic E-state index is 10.5. The molecule has 0 N–H and O–H groups in total. The Hall–Kier alpha value is -2.42. The van der Waals surface area contributed by atoms with Gasteiger partial charge < -0.3 is 4.74 Å². The zero-order valence-corrected chi connectivity index (χ0v) is 8.50. The van der Waals surface area contributed by atoms with Gasteiger partial charge in [0.05, 0.1) is 17.6 Å². The Balaban J connectivity index is 2.94. The lowest BCUT2D eigenvalue weighted by Crippen LogP contribution is -1.96. The minimum absolute atomic E-state index is 0.110. The van der Waals surface area contributed by atoms with Crippen molar-refractivity contribution in [3.05, 3.63) is 45.9 Å². The minimum Gasteiger partial charge on any atom is -0.485 e. The lowest BCUT2D eigenvalue weighted by atomic mass is 10.2. The van der Waals surface area contributed by atoms with Gasteiger partial charge in [-0.15, -0.1) is 6.58 Å². The highest BCUT2D eigenvalue weighted by molar-refractivity contribution is 5.61. The van der Waals surface area contributed by atoms with Gasteiger partial charge in [0.15, 0.2) is 4.98 Å². The van der Waals surface area contributed by atoms with Crippen LogP contribution in [0.25, 0.3) is 4.98 Å². The van der Waals surface area contributed by atoms with Crippen LogP contribution in [0.2, 0.25) is 0 Å². The summed E-state index contributed by atoms with van der Waals surface area (Å²) < 4.78 is 5.23. The van der Waals surface area contributed by atoms with Gasteiger partial charge in [0.25, 0.3) is 5.69 Å². The molecule has 0 aliphatic rings. The maximum Gasteiger partial charge on any atom is 0.426 e. The summed E-state index contributed by atoms with van der Waals surface area (Å²) in [4.78, 5) is 13.0. The average Bonchev–Trinajstić information content (AvgIpc) is 2.29. The number of nitro benzene ring substituents is 1. The monoisotopic (exact) mass is 220 g/mol. The summed E-state index contributed by atoms with van der Waals surface area (Å²) >= 11 is 0. The molecule has 0 aromatic heterocycles. The van der Waals surface area contributed by atoms with Crippen LogP contribution in [0.5, 0.6) is 5.75 Å². The number of non-ortho nitro benzene ring substituents is 1. The fraction of sp³-hybridized carbons (Fsp3) is 0.200. The predicted molar refractivity (Wildman–Crippen MR) is 58.1 cm³/mol. The molecule has 0 atom stereocenters. The van der Waals surface area contributed by atoms with Crippen molar-refractivity contribution in [2.75, 3.05) is 6.61 Å². The van der Waals surface area contributed by atoms with E-state index in [0.717, 1.165) is 0 Å². The minimum atomic E-state index is -0.540. The van der Waals surface area contributed by atoms with E-state index in [2.05, 4.69) is 11.6 Å². The molecule has 6 nitrogen and oxygen atoms in total. The van der Waals surface area contributed by atoms with Gasteiger partial charge >= 0.3 is 5.69 Å². The summed E-state index contributed by atoms with van der Waals surface area (Å²) in [5.74, 6) is 0.179. The quantitative estimate of drug-likeness (QED) is 0.251. The first-order valence-corrected chi connectivity index (χ1v) is 4.56. The fourth-order valence-electron chi connectivity index (χ4n) is 1.07. The van der Waals surface area contributed by atoms with Crippen LogP contribution in [0, 0.1) is 15.5 Å². The first-order chi connectivity index (χ1) is 7.69. The highest BCUT2D eigenvalue weighted by Gasteiger charge is 2.19. The van der Waals surface area contributed by atoms with Gasteiger partial charge in [0.2, 0.25) is 11.1 Å². The van der Waals surface area contributed by atoms with Crippen molar-refractivity contribution in [2.45, 2.75) is 6.42 Å². The second-order valence-electron chi connectivity index (χ2n) is 2.93. The van der Waals surface area contributed by atoms with E-state index in [0.29, 0.717) is 13.0 Å². The second kappa shape index (κ2) is 5.46. The summed E-state index contributed by atoms with van der Waals surface area (Å²) in [6, 6.07) is 3.79. The average molecular weight is 220 g/mol. The number of nitro groups is 1. The van der Waals surface area contributed by atoms with E-state index in [1.165, 1.54) is 18.2 Å². The molecule has 1 aromatic carbocycles. The molecular weight excluding hydrogens is 210 g/mol. The summed E-state index contributed by atoms with van der Waals surface area (Å²) in [5.41, 5.74) is 0.0515. The molecule has 82 valence electrons. The Kier molecular flexibility index (Phi) is 3.98. The fourth-order valence-corrected chi connectivity index (χ4v) is 1.07. The predicted octanol–water partition coefficient (Wildman–Crippen LogP) is 3.03. The third kappa shape index (κ3) is 2.78. The molecule has 0 radical (unpaired) electrons. The SMILES string of the molecule is C=CCCOc1cc([N+](=O)[O-])ccc1[N+]#N. The van der Waals surface area contributed by atoms with Crippen molar-refractivity contribution in [3.8, 4) is 5.75 Å². The summed E-state index contributed by atoms with van der Waals surface area (Å²) in [6.45, 7) is 3.85. The molecule has 16 heavy (non-hydrogen) atoms. The van der Waals surface area contributed by atoms with Crippen molar-refractivity contribution < 1.29 is 9.66 Å². The molecule has 0 fully saturated rings. The highest BCUT2D eigenvalue weighted by Crippen LogP contribution is 2.31. The van der Waals surface area contributed by atoms with E-state index in [9.17, 15) is 10.1 Å². The van der Waals surface area contributed by atoms with Crippen LogP contribution in [0.3, 0.4) is 0 Å². The number of hydrogen-bond acceptors (Lipinski definition) is 4. The van der Waals surface area contributed by atoms with Crippen LogP contribution < -0.4 is 4.74 Å². The largest absolute Gasteiger partial charge is 0.485 e. The summed E-state index contributed by atoms with van der Waals surface area (Å²) in [7, 11) is 0.